The van der Waals surface area contributed by atoms with Crippen LogP contribution in [0, 0.1) is 0 Å². The normalized spacial score (nSPS) is 11.1. The minimum atomic E-state index is -1.06. The molecule has 3 nitrogen and oxygen atoms in total. The lowest BCUT2D eigenvalue weighted by atomic mass is 10.2. The van der Waals surface area contributed by atoms with Crippen LogP contribution in [0.2, 0.25) is 0 Å². The molecule has 0 aliphatic heterocycles. The minimum absolute atomic E-state index is 0.195. The molecular weight excluding hydrogens is 204 g/mol. The van der Waals surface area contributed by atoms with E-state index in [0.717, 1.165) is 6.08 Å². The van der Waals surface area contributed by atoms with Gasteiger partial charge in [0.05, 0.1) is 12.1 Å². The third kappa shape index (κ3) is 2.78. The Bertz CT molecular complexity index is 354. The van der Waals surface area contributed by atoms with Crippen LogP contribution in [0.15, 0.2) is 30.3 Å². The number of carboxylic acids is 1. The number of hydrogen-bond acceptors (Lipinski definition) is 2. The summed E-state index contributed by atoms with van der Waals surface area (Å²) in [7, 11) is 1.56. The molecule has 0 amide bonds. The smallest absolute Gasteiger partial charge is 0.329 e. The molecule has 0 aromatic heterocycles. The molecule has 0 atom stereocenters. The molecule has 4 heteroatoms. The average Bonchev–Trinajstić information content (AvgIpc) is 2.17. The predicted octanol–water partition coefficient (Wildman–Crippen LogP) is 2.36. The minimum Gasteiger partial charge on any atom is -0.497 e. The van der Waals surface area contributed by atoms with Crippen molar-refractivity contribution < 1.29 is 14.6 Å². The zero-order valence-electron chi connectivity index (χ0n) is 7.53. The fraction of sp³-hybridized carbons (Fsp3) is 0.100. The van der Waals surface area contributed by atoms with Gasteiger partial charge in [0.15, 0.2) is 0 Å². The van der Waals surface area contributed by atoms with Crippen molar-refractivity contribution in [3.63, 3.8) is 0 Å². The Morgan fingerprint density at radius 1 is 1.43 bits per heavy atom. The summed E-state index contributed by atoms with van der Waals surface area (Å²) in [6.45, 7) is 0. The second-order valence-electron chi connectivity index (χ2n) is 2.56. The van der Waals surface area contributed by atoms with Crippen molar-refractivity contribution in [3.8, 4) is 5.75 Å². The number of rotatable bonds is 3. The fourth-order valence-electron chi connectivity index (χ4n) is 0.942. The molecule has 0 aliphatic carbocycles. The van der Waals surface area contributed by atoms with Gasteiger partial charge in [0.25, 0.3) is 0 Å². The molecule has 0 unspecified atom stereocenters. The number of aliphatic carboxylic acids is 1. The lowest BCUT2D eigenvalue weighted by Gasteiger charge is -2.01. The number of ether oxygens (including phenoxy) is 1. The summed E-state index contributed by atoms with van der Waals surface area (Å²) in [5.41, 5.74) is 0.648. The van der Waals surface area contributed by atoms with Crippen LogP contribution < -0.4 is 4.74 Å². The van der Waals surface area contributed by atoms with Crippen molar-refractivity contribution in [2.75, 3.05) is 7.11 Å². The van der Waals surface area contributed by atoms with E-state index in [-0.39, 0.29) is 5.03 Å². The van der Waals surface area contributed by atoms with Gasteiger partial charge in [0.2, 0.25) is 0 Å². The van der Waals surface area contributed by atoms with Crippen molar-refractivity contribution >= 4 is 22.6 Å². The van der Waals surface area contributed by atoms with Gasteiger partial charge in [-0.1, -0.05) is 11.6 Å². The molecule has 0 fully saturated rings. The third-order valence-corrected chi connectivity index (χ3v) is 1.94. The first kappa shape index (κ1) is 10.6. The molecule has 1 rings (SSSR count). The van der Waals surface area contributed by atoms with Crippen LogP contribution in [0.5, 0.6) is 5.75 Å². The molecular formula is C10H9ClO3. The third-order valence-electron chi connectivity index (χ3n) is 1.62. The quantitative estimate of drug-likeness (QED) is 0.783. The Balaban J connectivity index is 2.92. The largest absolute Gasteiger partial charge is 0.497 e. The first-order valence-electron chi connectivity index (χ1n) is 3.88. The zero-order valence-corrected chi connectivity index (χ0v) is 8.28. The maximum atomic E-state index is 10.3. The molecule has 1 aromatic carbocycles. The molecule has 0 radical (unpaired) electrons. The standard InChI is InChI=1S/C10H9ClO3/c1-14-8-4-2-7(3-5-8)9(11)6-10(12)13/h2-6H,1H3,(H,12,13). The molecule has 1 N–H and O–H groups in total. The van der Waals surface area contributed by atoms with E-state index >= 15 is 0 Å². The van der Waals surface area contributed by atoms with Crippen LogP contribution in [0.1, 0.15) is 5.56 Å². The van der Waals surface area contributed by atoms with E-state index in [9.17, 15) is 4.79 Å². The van der Waals surface area contributed by atoms with Crippen LogP contribution in [0.4, 0.5) is 0 Å². The van der Waals surface area contributed by atoms with E-state index in [1.54, 1.807) is 31.4 Å². The summed E-state index contributed by atoms with van der Waals surface area (Å²) >= 11 is 5.74. The maximum absolute atomic E-state index is 10.3. The van der Waals surface area contributed by atoms with Crippen molar-refractivity contribution in [3.05, 3.63) is 35.9 Å². The van der Waals surface area contributed by atoms with Crippen molar-refractivity contribution in [1.29, 1.82) is 0 Å². The van der Waals surface area contributed by atoms with Crippen LogP contribution in [0.3, 0.4) is 0 Å². The Morgan fingerprint density at radius 2 is 2.00 bits per heavy atom. The first-order chi connectivity index (χ1) is 6.63. The topological polar surface area (TPSA) is 46.5 Å². The second kappa shape index (κ2) is 4.67. The first-order valence-corrected chi connectivity index (χ1v) is 4.26. The number of hydrogen-bond donors (Lipinski definition) is 1. The summed E-state index contributed by atoms with van der Waals surface area (Å²) in [5, 5.41) is 8.66. The fourth-order valence-corrected chi connectivity index (χ4v) is 1.16. The van der Waals surface area contributed by atoms with Crippen LogP contribution in [-0.2, 0) is 4.79 Å². The Kier molecular flexibility index (Phi) is 3.54. The van der Waals surface area contributed by atoms with E-state index in [0.29, 0.717) is 11.3 Å². The highest BCUT2D eigenvalue weighted by molar-refractivity contribution is 6.50. The molecule has 0 aliphatic rings. The van der Waals surface area contributed by atoms with Gasteiger partial charge in [-0.25, -0.2) is 4.79 Å². The molecule has 0 saturated carbocycles. The molecule has 0 saturated heterocycles. The van der Waals surface area contributed by atoms with E-state index in [1.165, 1.54) is 0 Å². The molecule has 0 heterocycles. The lowest BCUT2D eigenvalue weighted by molar-refractivity contribution is -0.131. The van der Waals surface area contributed by atoms with Gasteiger partial charge in [-0.05, 0) is 29.8 Å². The SMILES string of the molecule is COc1ccc(C(Cl)=CC(=O)O)cc1. The van der Waals surface area contributed by atoms with Gasteiger partial charge in [-0.15, -0.1) is 0 Å². The summed E-state index contributed by atoms with van der Waals surface area (Å²) in [6, 6.07) is 6.82. The summed E-state index contributed by atoms with van der Waals surface area (Å²) in [4.78, 5) is 10.3. The van der Waals surface area contributed by atoms with Gasteiger partial charge < -0.3 is 9.84 Å². The van der Waals surface area contributed by atoms with E-state index in [1.807, 2.05) is 0 Å². The number of carboxylic acid groups (broad SMARTS) is 1. The number of carbonyl (C=O) groups is 1. The monoisotopic (exact) mass is 212 g/mol. The molecule has 1 aromatic rings. The van der Waals surface area contributed by atoms with Gasteiger partial charge in [0.1, 0.15) is 5.75 Å². The van der Waals surface area contributed by atoms with Gasteiger partial charge in [0, 0.05) is 6.08 Å². The summed E-state index contributed by atoms with van der Waals surface area (Å²) in [5.74, 6) is -0.362. The van der Waals surface area contributed by atoms with E-state index < -0.39 is 5.97 Å². The van der Waals surface area contributed by atoms with Crippen LogP contribution in [-0.4, -0.2) is 18.2 Å². The van der Waals surface area contributed by atoms with Crippen LogP contribution in [0.25, 0.3) is 5.03 Å². The van der Waals surface area contributed by atoms with E-state index in [4.69, 9.17) is 21.4 Å². The highest BCUT2D eigenvalue weighted by Gasteiger charge is 2.00. The number of benzene rings is 1. The van der Waals surface area contributed by atoms with Crippen LogP contribution >= 0.6 is 11.6 Å². The summed E-state index contributed by atoms with van der Waals surface area (Å²) in [6.07, 6.45) is 0.948. The summed E-state index contributed by atoms with van der Waals surface area (Å²) < 4.78 is 4.95. The molecule has 0 spiro atoms. The second-order valence-corrected chi connectivity index (χ2v) is 2.97. The highest BCUT2D eigenvalue weighted by atomic mass is 35.5. The van der Waals surface area contributed by atoms with Gasteiger partial charge in [-0.3, -0.25) is 0 Å². The Labute approximate surface area is 86.6 Å². The van der Waals surface area contributed by atoms with Gasteiger partial charge >= 0.3 is 5.97 Å². The molecule has 0 bridgehead atoms. The molecule has 74 valence electrons. The lowest BCUT2D eigenvalue weighted by Crippen LogP contribution is -1.89. The van der Waals surface area contributed by atoms with Crippen molar-refractivity contribution in [2.45, 2.75) is 0 Å². The van der Waals surface area contributed by atoms with Crippen molar-refractivity contribution in [2.24, 2.45) is 0 Å². The van der Waals surface area contributed by atoms with Crippen molar-refractivity contribution in [1.82, 2.24) is 0 Å². The maximum Gasteiger partial charge on any atom is 0.329 e. The number of methoxy groups -OCH3 is 1. The highest BCUT2D eigenvalue weighted by Crippen LogP contribution is 2.21. The molecule has 14 heavy (non-hydrogen) atoms. The predicted molar refractivity (Wildman–Crippen MR) is 54.5 cm³/mol. The number of halogens is 1. The van der Waals surface area contributed by atoms with Gasteiger partial charge in [-0.2, -0.15) is 0 Å². The van der Waals surface area contributed by atoms with E-state index in [2.05, 4.69) is 0 Å². The Morgan fingerprint density at radius 3 is 2.43 bits per heavy atom. The average molecular weight is 213 g/mol. The zero-order chi connectivity index (χ0) is 10.6. The Hall–Kier alpha value is -1.48.